The average molecular weight is 498 g/mol. The summed E-state index contributed by atoms with van der Waals surface area (Å²) >= 11 is 0. The summed E-state index contributed by atoms with van der Waals surface area (Å²) in [5, 5.41) is 0.634. The minimum absolute atomic E-state index is 0.00941. The van der Waals surface area contributed by atoms with E-state index < -0.39 is 5.82 Å². The smallest absolute Gasteiger partial charge is 0.261 e. The molecule has 5 rings (SSSR count). The lowest BCUT2D eigenvalue weighted by atomic mass is 10.1. The van der Waals surface area contributed by atoms with Crippen LogP contribution in [0.2, 0.25) is 0 Å². The van der Waals surface area contributed by atoms with Gasteiger partial charge >= 0.3 is 0 Å². The van der Waals surface area contributed by atoms with Gasteiger partial charge in [-0.15, -0.1) is 0 Å². The number of hydrogen-bond donors (Lipinski definition) is 0. The van der Waals surface area contributed by atoms with Gasteiger partial charge in [-0.05, 0) is 47.9 Å². The molecule has 0 bridgehead atoms. The van der Waals surface area contributed by atoms with E-state index in [2.05, 4.69) is 9.97 Å². The Morgan fingerprint density at radius 2 is 1.70 bits per heavy atom. The van der Waals surface area contributed by atoms with Crippen molar-refractivity contribution >= 4 is 10.9 Å². The fraction of sp³-hybridized carbons (Fsp3) is 0.138. The molecule has 0 aliphatic rings. The third kappa shape index (κ3) is 4.73. The Kier molecular flexibility index (Phi) is 6.55. The molecule has 7 nitrogen and oxygen atoms in total. The highest BCUT2D eigenvalue weighted by atomic mass is 19.1. The number of aryl methyl sites for hydroxylation is 1. The molecule has 37 heavy (non-hydrogen) atoms. The Morgan fingerprint density at radius 3 is 2.46 bits per heavy atom. The highest BCUT2D eigenvalue weighted by molar-refractivity contribution is 5.88. The van der Waals surface area contributed by atoms with E-state index in [1.165, 1.54) is 36.3 Å². The molecule has 0 fully saturated rings. The number of methoxy groups -OCH3 is 2. The largest absolute Gasteiger partial charge is 0.493 e. The van der Waals surface area contributed by atoms with Crippen LogP contribution in [0.4, 0.5) is 4.39 Å². The molecule has 0 saturated carbocycles. The van der Waals surface area contributed by atoms with Crippen LogP contribution < -0.4 is 19.8 Å². The number of halogens is 1. The summed E-state index contributed by atoms with van der Waals surface area (Å²) in [4.78, 5) is 21.7. The van der Waals surface area contributed by atoms with Crippen LogP contribution >= 0.6 is 0 Å². The molecule has 0 unspecified atom stereocenters. The molecule has 0 N–H and O–H groups in total. The number of pyridine rings is 1. The third-order valence-corrected chi connectivity index (χ3v) is 6.17. The van der Waals surface area contributed by atoms with E-state index >= 15 is 4.39 Å². The molecule has 0 atom stereocenters. The van der Waals surface area contributed by atoms with Crippen LogP contribution in [-0.4, -0.2) is 28.8 Å². The summed E-state index contributed by atoms with van der Waals surface area (Å²) in [7, 11) is 3.08. The van der Waals surface area contributed by atoms with Crippen LogP contribution in [0.15, 0.2) is 84.2 Å². The summed E-state index contributed by atoms with van der Waals surface area (Å²) in [6, 6.07) is 17.4. The van der Waals surface area contributed by atoms with Crippen LogP contribution in [0.5, 0.6) is 23.0 Å². The van der Waals surface area contributed by atoms with Gasteiger partial charge in [-0.1, -0.05) is 30.3 Å². The number of benzene rings is 3. The molecule has 2 aromatic heterocycles. The van der Waals surface area contributed by atoms with Crippen LogP contribution in [0.1, 0.15) is 11.1 Å². The van der Waals surface area contributed by atoms with Crippen molar-refractivity contribution in [3.63, 3.8) is 0 Å². The van der Waals surface area contributed by atoms with Gasteiger partial charge in [0.05, 0.1) is 38.2 Å². The van der Waals surface area contributed by atoms with Gasteiger partial charge in [0.15, 0.2) is 23.1 Å². The Bertz CT molecular complexity index is 1670. The molecule has 186 valence electrons. The van der Waals surface area contributed by atoms with Crippen LogP contribution in [-0.2, 0) is 6.54 Å². The molecule has 0 amide bonds. The molecular weight excluding hydrogens is 473 g/mol. The van der Waals surface area contributed by atoms with E-state index in [1.54, 1.807) is 37.6 Å². The number of fused-ring (bicyclic) bond motifs is 1. The zero-order chi connectivity index (χ0) is 25.9. The first-order valence-corrected chi connectivity index (χ1v) is 11.6. The number of nitrogens with zero attached hydrogens (tertiary/aromatic N) is 3. The molecule has 0 saturated heterocycles. The van der Waals surface area contributed by atoms with E-state index in [4.69, 9.17) is 14.2 Å². The molecule has 5 aromatic rings. The van der Waals surface area contributed by atoms with Crippen LogP contribution in [0.3, 0.4) is 0 Å². The van der Waals surface area contributed by atoms with E-state index in [0.29, 0.717) is 45.8 Å². The van der Waals surface area contributed by atoms with Gasteiger partial charge in [-0.25, -0.2) is 9.37 Å². The summed E-state index contributed by atoms with van der Waals surface area (Å²) in [6.45, 7) is 2.36. The summed E-state index contributed by atoms with van der Waals surface area (Å²) in [5.74, 6) is 0.827. The van der Waals surface area contributed by atoms with Gasteiger partial charge in [0.1, 0.15) is 5.75 Å². The quantitative estimate of drug-likeness (QED) is 0.284. The lowest BCUT2D eigenvalue weighted by Gasteiger charge is -2.13. The summed E-state index contributed by atoms with van der Waals surface area (Å²) in [5.41, 5.74) is 3.15. The lowest BCUT2D eigenvalue weighted by molar-refractivity contribution is 0.355. The molecule has 0 aliphatic carbocycles. The normalized spacial score (nSPS) is 10.9. The van der Waals surface area contributed by atoms with Gasteiger partial charge in [-0.3, -0.25) is 14.3 Å². The fourth-order valence-corrected chi connectivity index (χ4v) is 4.14. The first-order chi connectivity index (χ1) is 18.0. The first kappa shape index (κ1) is 24.0. The summed E-state index contributed by atoms with van der Waals surface area (Å²) < 4.78 is 33.4. The highest BCUT2D eigenvalue weighted by Gasteiger charge is 2.15. The molecule has 0 aliphatic heterocycles. The number of rotatable bonds is 7. The van der Waals surface area contributed by atoms with Crippen molar-refractivity contribution in [2.24, 2.45) is 0 Å². The van der Waals surface area contributed by atoms with E-state index in [0.717, 1.165) is 11.1 Å². The molecule has 0 spiro atoms. The van der Waals surface area contributed by atoms with Crippen molar-refractivity contribution in [2.75, 3.05) is 14.2 Å². The Hall–Kier alpha value is -4.72. The monoisotopic (exact) mass is 497 g/mol. The number of ether oxygens (including phenoxy) is 3. The van der Waals surface area contributed by atoms with Crippen molar-refractivity contribution in [1.82, 2.24) is 14.5 Å². The maximum Gasteiger partial charge on any atom is 0.261 e. The van der Waals surface area contributed by atoms with Gasteiger partial charge in [0.2, 0.25) is 0 Å². The maximum absolute atomic E-state index is 15.2. The average Bonchev–Trinajstić information content (AvgIpc) is 2.91. The Balaban J connectivity index is 1.46. The van der Waals surface area contributed by atoms with E-state index in [9.17, 15) is 4.79 Å². The van der Waals surface area contributed by atoms with Crippen molar-refractivity contribution in [2.45, 2.75) is 13.5 Å². The number of aromatic nitrogens is 3. The predicted molar refractivity (Wildman–Crippen MR) is 139 cm³/mol. The second kappa shape index (κ2) is 10.1. The second-order valence-corrected chi connectivity index (χ2v) is 8.45. The minimum atomic E-state index is -0.614. The standard InChI is InChI=1S/C29H24FN3O4/c1-18-6-4-5-7-20(18)16-33-17-31-15-22(29(33)34)19-8-9-26(23(30)12-19)37-25-10-11-32-24-14-28(36-3)27(35-2)13-21(24)25/h4-15,17H,16H2,1-3H3. The molecule has 2 heterocycles. The van der Waals surface area contributed by atoms with Crippen molar-refractivity contribution in [3.05, 3.63) is 107 Å². The van der Waals surface area contributed by atoms with Crippen molar-refractivity contribution in [3.8, 4) is 34.1 Å². The third-order valence-electron chi connectivity index (χ3n) is 6.17. The van der Waals surface area contributed by atoms with E-state index in [1.807, 2.05) is 31.2 Å². The topological polar surface area (TPSA) is 75.5 Å². The minimum Gasteiger partial charge on any atom is -0.493 e. The van der Waals surface area contributed by atoms with Crippen molar-refractivity contribution in [1.29, 1.82) is 0 Å². The zero-order valence-electron chi connectivity index (χ0n) is 20.6. The fourth-order valence-electron chi connectivity index (χ4n) is 4.14. The van der Waals surface area contributed by atoms with Crippen LogP contribution in [0, 0.1) is 12.7 Å². The molecule has 0 radical (unpaired) electrons. The van der Waals surface area contributed by atoms with E-state index in [-0.39, 0.29) is 11.3 Å². The van der Waals surface area contributed by atoms with Crippen molar-refractivity contribution < 1.29 is 18.6 Å². The Labute approximate surface area is 212 Å². The van der Waals surface area contributed by atoms with Crippen LogP contribution in [0.25, 0.3) is 22.0 Å². The molecule has 8 heteroatoms. The molecule has 3 aromatic carbocycles. The molecular formula is C29H24FN3O4. The lowest BCUT2D eigenvalue weighted by Crippen LogP contribution is -2.22. The van der Waals surface area contributed by atoms with Gasteiger partial charge < -0.3 is 14.2 Å². The maximum atomic E-state index is 15.2. The Morgan fingerprint density at radius 1 is 0.919 bits per heavy atom. The second-order valence-electron chi connectivity index (χ2n) is 8.45. The van der Waals surface area contributed by atoms with Gasteiger partial charge in [0, 0.05) is 23.8 Å². The number of hydrogen-bond acceptors (Lipinski definition) is 6. The predicted octanol–water partition coefficient (Wildman–Crippen LogP) is 5.76. The zero-order valence-corrected chi connectivity index (χ0v) is 20.6. The first-order valence-electron chi connectivity index (χ1n) is 11.6. The van der Waals surface area contributed by atoms with Gasteiger partial charge in [0.25, 0.3) is 5.56 Å². The van der Waals surface area contributed by atoms with Gasteiger partial charge in [-0.2, -0.15) is 0 Å². The SMILES string of the molecule is COc1cc2nccc(Oc3ccc(-c4cncn(Cc5ccccc5C)c4=O)cc3F)c2cc1OC. The highest BCUT2D eigenvalue weighted by Crippen LogP contribution is 2.37. The summed E-state index contributed by atoms with van der Waals surface area (Å²) in [6.07, 6.45) is 4.51.